The van der Waals surface area contributed by atoms with Gasteiger partial charge < -0.3 is 10.5 Å². The highest BCUT2D eigenvalue weighted by Crippen LogP contribution is 2.53. The second kappa shape index (κ2) is 4.30. The van der Waals surface area contributed by atoms with E-state index in [0.717, 1.165) is 30.4 Å². The first-order chi connectivity index (χ1) is 8.05. The maximum atomic E-state index is 14.0. The molecule has 1 aromatic rings. The van der Waals surface area contributed by atoms with Crippen LogP contribution in [0.3, 0.4) is 0 Å². The first-order valence-corrected chi connectivity index (χ1v) is 6.17. The fraction of sp³-hybridized carbons (Fsp3) is 0.571. The molecule has 1 aliphatic carbocycles. The van der Waals surface area contributed by atoms with Gasteiger partial charge >= 0.3 is 0 Å². The van der Waals surface area contributed by atoms with E-state index in [9.17, 15) is 4.39 Å². The van der Waals surface area contributed by atoms with Crippen molar-refractivity contribution in [3.05, 3.63) is 29.1 Å². The fourth-order valence-electron chi connectivity index (χ4n) is 2.54. The standard InChI is InChI=1S/C14H20FNO/c1-4-10-7-11(13(17-3)12(15)8-10)14(5-6-14)9(2)16/h7-9H,4-6,16H2,1-3H3. The summed E-state index contributed by atoms with van der Waals surface area (Å²) in [5, 5.41) is 0. The average molecular weight is 237 g/mol. The van der Waals surface area contributed by atoms with Crippen molar-refractivity contribution in [2.75, 3.05) is 7.11 Å². The van der Waals surface area contributed by atoms with E-state index in [2.05, 4.69) is 6.07 Å². The molecular weight excluding hydrogens is 217 g/mol. The van der Waals surface area contributed by atoms with E-state index in [0.29, 0.717) is 5.75 Å². The Hall–Kier alpha value is -1.09. The summed E-state index contributed by atoms with van der Waals surface area (Å²) in [5.41, 5.74) is 7.94. The number of ether oxygens (including phenoxy) is 1. The topological polar surface area (TPSA) is 35.2 Å². The van der Waals surface area contributed by atoms with Crippen molar-refractivity contribution in [3.8, 4) is 5.75 Å². The molecule has 2 nitrogen and oxygen atoms in total. The van der Waals surface area contributed by atoms with Crippen LogP contribution in [-0.2, 0) is 11.8 Å². The van der Waals surface area contributed by atoms with E-state index in [4.69, 9.17) is 10.5 Å². The quantitative estimate of drug-likeness (QED) is 0.874. The molecule has 17 heavy (non-hydrogen) atoms. The Bertz CT molecular complexity index is 424. The largest absolute Gasteiger partial charge is 0.493 e. The predicted molar refractivity (Wildman–Crippen MR) is 66.9 cm³/mol. The monoisotopic (exact) mass is 237 g/mol. The summed E-state index contributed by atoms with van der Waals surface area (Å²) in [5.74, 6) is 0.103. The first kappa shape index (κ1) is 12.4. The molecular formula is C14H20FNO. The van der Waals surface area contributed by atoms with Gasteiger partial charge in [0.25, 0.3) is 0 Å². The van der Waals surface area contributed by atoms with Crippen LogP contribution in [0, 0.1) is 5.82 Å². The lowest BCUT2D eigenvalue weighted by atomic mass is 9.87. The van der Waals surface area contributed by atoms with Crippen LogP contribution in [0.1, 0.15) is 37.8 Å². The molecule has 2 N–H and O–H groups in total. The summed E-state index contributed by atoms with van der Waals surface area (Å²) in [7, 11) is 1.52. The van der Waals surface area contributed by atoms with Gasteiger partial charge in [0.05, 0.1) is 7.11 Å². The second-order valence-electron chi connectivity index (χ2n) is 4.96. The lowest BCUT2D eigenvalue weighted by Gasteiger charge is -2.23. The van der Waals surface area contributed by atoms with Gasteiger partial charge in [0.15, 0.2) is 11.6 Å². The van der Waals surface area contributed by atoms with Crippen molar-refractivity contribution in [3.63, 3.8) is 0 Å². The van der Waals surface area contributed by atoms with Crippen molar-refractivity contribution < 1.29 is 9.13 Å². The lowest BCUT2D eigenvalue weighted by molar-refractivity contribution is 0.371. The molecule has 0 spiro atoms. The van der Waals surface area contributed by atoms with E-state index in [1.807, 2.05) is 13.8 Å². The van der Waals surface area contributed by atoms with Crippen LogP contribution in [0.2, 0.25) is 0 Å². The third kappa shape index (κ3) is 1.93. The number of benzene rings is 1. The van der Waals surface area contributed by atoms with Crippen molar-refractivity contribution in [2.24, 2.45) is 5.73 Å². The van der Waals surface area contributed by atoms with Crippen molar-refractivity contribution in [1.82, 2.24) is 0 Å². The Balaban J connectivity index is 2.55. The van der Waals surface area contributed by atoms with E-state index in [1.54, 1.807) is 6.07 Å². The third-order valence-corrected chi connectivity index (χ3v) is 3.91. The maximum Gasteiger partial charge on any atom is 0.165 e. The summed E-state index contributed by atoms with van der Waals surface area (Å²) >= 11 is 0. The molecule has 1 atom stereocenters. The van der Waals surface area contributed by atoms with E-state index >= 15 is 0 Å². The molecule has 0 radical (unpaired) electrons. The minimum Gasteiger partial charge on any atom is -0.493 e. The number of methoxy groups -OCH3 is 1. The molecule has 0 saturated heterocycles. The van der Waals surface area contributed by atoms with Gasteiger partial charge in [-0.25, -0.2) is 4.39 Å². The summed E-state index contributed by atoms with van der Waals surface area (Å²) in [6, 6.07) is 3.64. The van der Waals surface area contributed by atoms with Crippen LogP contribution >= 0.6 is 0 Å². The van der Waals surface area contributed by atoms with Gasteiger partial charge in [-0.2, -0.15) is 0 Å². The predicted octanol–water partition coefficient (Wildman–Crippen LogP) is 2.78. The highest BCUT2D eigenvalue weighted by atomic mass is 19.1. The van der Waals surface area contributed by atoms with Crippen LogP contribution in [0.15, 0.2) is 12.1 Å². The zero-order chi connectivity index (χ0) is 12.6. The Kier molecular flexibility index (Phi) is 3.13. The highest BCUT2D eigenvalue weighted by Gasteiger charge is 2.49. The van der Waals surface area contributed by atoms with Gasteiger partial charge in [-0.1, -0.05) is 13.0 Å². The van der Waals surface area contributed by atoms with E-state index in [-0.39, 0.29) is 17.3 Å². The smallest absolute Gasteiger partial charge is 0.165 e. The number of nitrogens with two attached hydrogens (primary N) is 1. The van der Waals surface area contributed by atoms with Gasteiger partial charge in [-0.05, 0) is 37.8 Å². The highest BCUT2D eigenvalue weighted by molar-refractivity contribution is 5.48. The Morgan fingerprint density at radius 3 is 2.53 bits per heavy atom. The minimum atomic E-state index is -0.270. The molecule has 0 aliphatic heterocycles. The molecule has 1 aromatic carbocycles. The molecule has 0 aromatic heterocycles. The molecule has 1 fully saturated rings. The van der Waals surface area contributed by atoms with Gasteiger partial charge in [-0.3, -0.25) is 0 Å². The molecule has 0 amide bonds. The van der Waals surface area contributed by atoms with Gasteiger partial charge in [0, 0.05) is 17.0 Å². The summed E-state index contributed by atoms with van der Waals surface area (Å²) < 4.78 is 19.2. The third-order valence-electron chi connectivity index (χ3n) is 3.91. The van der Waals surface area contributed by atoms with Crippen LogP contribution in [0.4, 0.5) is 4.39 Å². The van der Waals surface area contributed by atoms with E-state index < -0.39 is 0 Å². The fourth-order valence-corrected chi connectivity index (χ4v) is 2.54. The molecule has 94 valence electrons. The van der Waals surface area contributed by atoms with Crippen LogP contribution in [-0.4, -0.2) is 13.2 Å². The van der Waals surface area contributed by atoms with Crippen LogP contribution < -0.4 is 10.5 Å². The molecule has 0 heterocycles. The van der Waals surface area contributed by atoms with Gasteiger partial charge in [0.1, 0.15) is 0 Å². The number of halogens is 1. The molecule has 1 unspecified atom stereocenters. The van der Waals surface area contributed by atoms with Gasteiger partial charge in [0.2, 0.25) is 0 Å². The zero-order valence-corrected chi connectivity index (χ0v) is 10.7. The maximum absolute atomic E-state index is 14.0. The SMILES string of the molecule is CCc1cc(F)c(OC)c(C2(C(C)N)CC2)c1. The molecule has 1 saturated carbocycles. The summed E-state index contributed by atoms with van der Waals surface area (Å²) in [6.07, 6.45) is 2.87. The van der Waals surface area contributed by atoms with Crippen molar-refractivity contribution in [1.29, 1.82) is 0 Å². The van der Waals surface area contributed by atoms with E-state index in [1.165, 1.54) is 7.11 Å². The number of hydrogen-bond acceptors (Lipinski definition) is 2. The first-order valence-electron chi connectivity index (χ1n) is 6.17. The molecule has 3 heteroatoms. The molecule has 1 aliphatic rings. The summed E-state index contributed by atoms with van der Waals surface area (Å²) in [6.45, 7) is 4.01. The van der Waals surface area contributed by atoms with Crippen LogP contribution in [0.25, 0.3) is 0 Å². The lowest BCUT2D eigenvalue weighted by Crippen LogP contribution is -2.32. The van der Waals surface area contributed by atoms with Crippen molar-refractivity contribution in [2.45, 2.75) is 44.6 Å². The Morgan fingerprint density at radius 1 is 1.47 bits per heavy atom. The second-order valence-corrected chi connectivity index (χ2v) is 4.96. The van der Waals surface area contributed by atoms with Crippen LogP contribution in [0.5, 0.6) is 5.75 Å². The zero-order valence-electron chi connectivity index (χ0n) is 10.7. The number of aryl methyl sites for hydroxylation is 1. The Morgan fingerprint density at radius 2 is 2.12 bits per heavy atom. The van der Waals surface area contributed by atoms with Gasteiger partial charge in [-0.15, -0.1) is 0 Å². The molecule has 2 rings (SSSR count). The minimum absolute atomic E-state index is 0.0305. The summed E-state index contributed by atoms with van der Waals surface area (Å²) in [4.78, 5) is 0. The average Bonchev–Trinajstić information content (AvgIpc) is 3.09. The normalized spacial score (nSPS) is 18.9. The Labute approximate surface area is 102 Å². The van der Waals surface area contributed by atoms with Crippen molar-refractivity contribution >= 4 is 0 Å². The number of rotatable bonds is 4. The number of hydrogen-bond donors (Lipinski definition) is 1. The molecule has 0 bridgehead atoms.